The van der Waals surface area contributed by atoms with Crippen LogP contribution in [0.25, 0.3) is 0 Å². The molecule has 0 saturated carbocycles. The minimum absolute atomic E-state index is 0.304. The van der Waals surface area contributed by atoms with Crippen LogP contribution in [0.5, 0.6) is 0 Å². The molecule has 0 atom stereocenters. The lowest BCUT2D eigenvalue weighted by Crippen LogP contribution is -2.35. The van der Waals surface area contributed by atoms with E-state index in [9.17, 15) is 0 Å². The van der Waals surface area contributed by atoms with E-state index >= 15 is 0 Å². The van der Waals surface area contributed by atoms with Crippen molar-refractivity contribution in [2.45, 2.75) is 31.7 Å². The first-order valence-electron chi connectivity index (χ1n) is 5.10. The first kappa shape index (κ1) is 11.3. The molecule has 0 bridgehead atoms. The van der Waals surface area contributed by atoms with Crippen LogP contribution < -0.4 is 11.1 Å². The lowest BCUT2D eigenvalue weighted by molar-refractivity contribution is 0.0781. The van der Waals surface area contributed by atoms with E-state index in [-0.39, 0.29) is 0 Å². The zero-order chi connectivity index (χ0) is 10.2. The van der Waals surface area contributed by atoms with Gasteiger partial charge in [0, 0.05) is 25.7 Å². The summed E-state index contributed by atoms with van der Waals surface area (Å²) in [7, 11) is 0. The van der Waals surface area contributed by atoms with Gasteiger partial charge in [0.1, 0.15) is 5.84 Å². The van der Waals surface area contributed by atoms with Crippen LogP contribution in [0.3, 0.4) is 0 Å². The SMILES string of the molecule is NC(CCCNC1CCOCC1)=NO. The van der Waals surface area contributed by atoms with E-state index in [0.717, 1.165) is 39.0 Å². The number of oxime groups is 1. The van der Waals surface area contributed by atoms with Crippen molar-refractivity contribution in [3.8, 4) is 0 Å². The van der Waals surface area contributed by atoms with Gasteiger partial charge in [0.05, 0.1) is 0 Å². The van der Waals surface area contributed by atoms with Crippen LogP contribution in [0, 0.1) is 0 Å². The third-order valence-electron chi connectivity index (χ3n) is 2.39. The summed E-state index contributed by atoms with van der Waals surface area (Å²) in [5.41, 5.74) is 5.34. The fourth-order valence-corrected chi connectivity index (χ4v) is 1.53. The standard InChI is InChI=1S/C9H19N3O2/c10-9(12-13)2-1-5-11-8-3-6-14-7-4-8/h8,11,13H,1-7H2,(H2,10,12). The Morgan fingerprint density at radius 2 is 2.21 bits per heavy atom. The van der Waals surface area contributed by atoms with Crippen LogP contribution in [0.1, 0.15) is 25.7 Å². The Hall–Kier alpha value is -0.810. The quantitative estimate of drug-likeness (QED) is 0.196. The lowest BCUT2D eigenvalue weighted by Gasteiger charge is -2.23. The molecule has 0 spiro atoms. The maximum atomic E-state index is 8.31. The summed E-state index contributed by atoms with van der Waals surface area (Å²) < 4.78 is 5.25. The van der Waals surface area contributed by atoms with Gasteiger partial charge >= 0.3 is 0 Å². The second-order valence-corrected chi connectivity index (χ2v) is 3.54. The molecule has 1 heterocycles. The summed E-state index contributed by atoms with van der Waals surface area (Å²) in [5.74, 6) is 0.304. The molecule has 0 aromatic heterocycles. The van der Waals surface area contributed by atoms with Gasteiger partial charge in [0.25, 0.3) is 0 Å². The average Bonchev–Trinajstić information content (AvgIpc) is 2.25. The first-order valence-corrected chi connectivity index (χ1v) is 5.10. The fourth-order valence-electron chi connectivity index (χ4n) is 1.53. The maximum Gasteiger partial charge on any atom is 0.139 e. The highest BCUT2D eigenvalue weighted by molar-refractivity contribution is 5.79. The number of amidine groups is 1. The molecule has 0 unspecified atom stereocenters. The minimum Gasteiger partial charge on any atom is -0.409 e. The number of nitrogens with two attached hydrogens (primary N) is 1. The molecule has 1 aliphatic rings. The molecule has 0 aliphatic carbocycles. The molecule has 0 radical (unpaired) electrons. The zero-order valence-electron chi connectivity index (χ0n) is 8.41. The Morgan fingerprint density at radius 3 is 2.86 bits per heavy atom. The van der Waals surface area contributed by atoms with Crippen molar-refractivity contribution in [2.24, 2.45) is 10.9 Å². The first-order chi connectivity index (χ1) is 6.83. The van der Waals surface area contributed by atoms with Crippen molar-refractivity contribution in [1.29, 1.82) is 0 Å². The number of hydrogen-bond acceptors (Lipinski definition) is 4. The molecule has 1 aliphatic heterocycles. The van der Waals surface area contributed by atoms with Crippen molar-refractivity contribution in [1.82, 2.24) is 5.32 Å². The van der Waals surface area contributed by atoms with Crippen molar-refractivity contribution in [3.63, 3.8) is 0 Å². The molecule has 82 valence electrons. The Morgan fingerprint density at radius 1 is 1.50 bits per heavy atom. The molecular formula is C9H19N3O2. The molecule has 5 heteroatoms. The number of nitrogens with zero attached hydrogens (tertiary/aromatic N) is 1. The summed E-state index contributed by atoms with van der Waals surface area (Å²) in [5, 5.41) is 14.7. The van der Waals surface area contributed by atoms with E-state index in [1.807, 2.05) is 0 Å². The highest BCUT2D eigenvalue weighted by Crippen LogP contribution is 2.05. The number of rotatable bonds is 5. The number of hydrogen-bond donors (Lipinski definition) is 3. The van der Waals surface area contributed by atoms with E-state index in [4.69, 9.17) is 15.7 Å². The van der Waals surface area contributed by atoms with Gasteiger partial charge in [-0.15, -0.1) is 0 Å². The predicted octanol–water partition coefficient (Wildman–Crippen LogP) is 0.282. The molecule has 1 rings (SSSR count). The normalized spacial score (nSPS) is 19.9. The molecule has 4 N–H and O–H groups in total. The maximum absolute atomic E-state index is 8.31. The Bertz CT molecular complexity index is 179. The molecule has 5 nitrogen and oxygen atoms in total. The van der Waals surface area contributed by atoms with Crippen molar-refractivity contribution in [2.75, 3.05) is 19.8 Å². The molecular weight excluding hydrogens is 182 g/mol. The monoisotopic (exact) mass is 201 g/mol. The van der Waals surface area contributed by atoms with Gasteiger partial charge in [-0.2, -0.15) is 0 Å². The van der Waals surface area contributed by atoms with E-state index in [2.05, 4.69) is 10.5 Å². The van der Waals surface area contributed by atoms with E-state index in [0.29, 0.717) is 18.3 Å². The largest absolute Gasteiger partial charge is 0.409 e. The summed E-state index contributed by atoms with van der Waals surface area (Å²) >= 11 is 0. The van der Waals surface area contributed by atoms with Crippen molar-refractivity contribution >= 4 is 5.84 Å². The van der Waals surface area contributed by atoms with Crippen LogP contribution in [0.2, 0.25) is 0 Å². The number of ether oxygens (including phenoxy) is 1. The van der Waals surface area contributed by atoms with Crippen molar-refractivity contribution in [3.05, 3.63) is 0 Å². The van der Waals surface area contributed by atoms with E-state index in [1.54, 1.807) is 0 Å². The zero-order valence-corrected chi connectivity index (χ0v) is 8.41. The summed E-state index contributed by atoms with van der Waals surface area (Å²) in [6.07, 6.45) is 3.73. The van der Waals surface area contributed by atoms with Crippen LogP contribution in [-0.4, -0.2) is 36.8 Å². The third kappa shape index (κ3) is 4.43. The molecule has 1 saturated heterocycles. The molecule has 0 aromatic rings. The highest BCUT2D eigenvalue weighted by Gasteiger charge is 2.11. The Kier molecular flexibility index (Phi) is 5.32. The Labute approximate surface area is 84.3 Å². The van der Waals surface area contributed by atoms with Gasteiger partial charge < -0.3 is 21.0 Å². The number of nitrogens with one attached hydrogen (secondary N) is 1. The fraction of sp³-hybridized carbons (Fsp3) is 0.889. The van der Waals surface area contributed by atoms with Gasteiger partial charge in [0.15, 0.2) is 0 Å². The summed E-state index contributed by atoms with van der Waals surface area (Å²) in [6, 6.07) is 0.580. The topological polar surface area (TPSA) is 79.9 Å². The molecule has 14 heavy (non-hydrogen) atoms. The Balaban J connectivity index is 1.97. The van der Waals surface area contributed by atoms with Gasteiger partial charge in [-0.05, 0) is 25.8 Å². The molecule has 1 fully saturated rings. The summed E-state index contributed by atoms with van der Waals surface area (Å²) in [4.78, 5) is 0. The summed E-state index contributed by atoms with van der Waals surface area (Å²) in [6.45, 7) is 2.64. The van der Waals surface area contributed by atoms with E-state index < -0.39 is 0 Å². The molecule has 0 aromatic carbocycles. The minimum atomic E-state index is 0.304. The van der Waals surface area contributed by atoms with Gasteiger partial charge in [-0.3, -0.25) is 0 Å². The predicted molar refractivity (Wildman–Crippen MR) is 54.5 cm³/mol. The third-order valence-corrected chi connectivity index (χ3v) is 2.39. The van der Waals surface area contributed by atoms with Crippen LogP contribution in [0.15, 0.2) is 5.16 Å². The van der Waals surface area contributed by atoms with Gasteiger partial charge in [-0.25, -0.2) is 0 Å². The molecule has 0 amide bonds. The van der Waals surface area contributed by atoms with Crippen LogP contribution in [0.4, 0.5) is 0 Å². The highest BCUT2D eigenvalue weighted by atomic mass is 16.5. The van der Waals surface area contributed by atoms with Crippen LogP contribution in [-0.2, 0) is 4.74 Å². The van der Waals surface area contributed by atoms with E-state index in [1.165, 1.54) is 0 Å². The van der Waals surface area contributed by atoms with Crippen molar-refractivity contribution < 1.29 is 9.94 Å². The second kappa shape index (κ2) is 6.62. The van der Waals surface area contributed by atoms with Gasteiger partial charge in [-0.1, -0.05) is 5.16 Å². The second-order valence-electron chi connectivity index (χ2n) is 3.54. The average molecular weight is 201 g/mol. The lowest BCUT2D eigenvalue weighted by atomic mass is 10.1. The smallest absolute Gasteiger partial charge is 0.139 e. The van der Waals surface area contributed by atoms with Crippen LogP contribution >= 0.6 is 0 Å². The van der Waals surface area contributed by atoms with Gasteiger partial charge in [0.2, 0.25) is 0 Å².